The lowest BCUT2D eigenvalue weighted by atomic mass is 9.94. The second kappa shape index (κ2) is 8.33. The lowest BCUT2D eigenvalue weighted by molar-refractivity contribution is -0.137. The van der Waals surface area contributed by atoms with Gasteiger partial charge in [-0.2, -0.15) is 13.2 Å². The number of benzene rings is 3. The van der Waals surface area contributed by atoms with E-state index < -0.39 is 17.2 Å². The van der Waals surface area contributed by atoms with Crippen LogP contribution in [0.25, 0.3) is 11.1 Å². The van der Waals surface area contributed by atoms with E-state index in [2.05, 4.69) is 10.6 Å². The quantitative estimate of drug-likeness (QED) is 0.491. The summed E-state index contributed by atoms with van der Waals surface area (Å²) in [6, 6.07) is 14.9. The number of ether oxygens (including phenoxy) is 2. The first-order chi connectivity index (χ1) is 16.7. The lowest BCUT2D eigenvalue weighted by Crippen LogP contribution is -2.28. The van der Waals surface area contributed by atoms with Crippen LogP contribution < -0.4 is 20.1 Å². The smallest absolute Gasteiger partial charge is 0.416 e. The Morgan fingerprint density at radius 2 is 1.63 bits per heavy atom. The normalized spacial score (nSPS) is 15.4. The predicted molar refractivity (Wildman–Crippen MR) is 127 cm³/mol. The zero-order valence-electron chi connectivity index (χ0n) is 18.7. The minimum absolute atomic E-state index is 0. The Labute approximate surface area is 202 Å². The Bertz CT molecular complexity index is 1330. The van der Waals surface area contributed by atoms with Gasteiger partial charge in [-0.15, -0.1) is 0 Å². The van der Waals surface area contributed by atoms with Crippen LogP contribution in [0.4, 0.5) is 18.9 Å². The van der Waals surface area contributed by atoms with Crippen LogP contribution in [0.1, 0.15) is 37.2 Å². The molecule has 1 heterocycles. The average molecular weight is 486 g/mol. The van der Waals surface area contributed by atoms with E-state index in [1.807, 2.05) is 0 Å². The van der Waals surface area contributed by atoms with Crippen LogP contribution in [0.15, 0.2) is 60.7 Å². The highest BCUT2D eigenvalue weighted by molar-refractivity contribution is 6.02. The van der Waals surface area contributed by atoms with Gasteiger partial charge in [0.25, 0.3) is 5.91 Å². The summed E-state index contributed by atoms with van der Waals surface area (Å²) in [4.78, 5) is 25.0. The van der Waals surface area contributed by atoms with Gasteiger partial charge in [0.15, 0.2) is 11.5 Å². The van der Waals surface area contributed by atoms with Gasteiger partial charge < -0.3 is 20.1 Å². The molecule has 0 saturated heterocycles. The van der Waals surface area contributed by atoms with Crippen molar-refractivity contribution in [2.75, 3.05) is 19.2 Å². The molecule has 3 aromatic rings. The summed E-state index contributed by atoms with van der Waals surface area (Å²) in [5.74, 6) is 0.460. The molecule has 2 amide bonds. The highest BCUT2D eigenvalue weighted by Crippen LogP contribution is 2.51. The van der Waals surface area contributed by atoms with Gasteiger partial charge in [-0.3, -0.25) is 9.59 Å². The monoisotopic (exact) mass is 486 g/mol. The topological polar surface area (TPSA) is 76.7 Å². The second-order valence-corrected chi connectivity index (χ2v) is 8.56. The van der Waals surface area contributed by atoms with Gasteiger partial charge in [-0.1, -0.05) is 18.2 Å². The van der Waals surface area contributed by atoms with Gasteiger partial charge in [0.2, 0.25) is 12.7 Å². The Morgan fingerprint density at radius 1 is 0.914 bits per heavy atom. The van der Waals surface area contributed by atoms with Crippen molar-refractivity contribution in [2.45, 2.75) is 24.4 Å². The minimum Gasteiger partial charge on any atom is -0.454 e. The van der Waals surface area contributed by atoms with Crippen LogP contribution in [0.3, 0.4) is 0 Å². The first kappa shape index (κ1) is 22.8. The van der Waals surface area contributed by atoms with Crippen molar-refractivity contribution < 1.29 is 35.1 Å². The number of anilines is 1. The molecule has 0 aromatic heterocycles. The number of hydrogen-bond acceptors (Lipinski definition) is 4. The molecule has 5 rings (SSSR count). The standard InChI is InChI=1S/C26H21F3N2O4.2H2/c1-30-23(32)16-4-2-15(3-5-16)17-10-19(26(27,28)29)12-20(11-17)31-24(33)25(8-9-25)18-6-7-21-22(13-18)35-14-34-21;;/h2-7,10-13H,8-9,14H2,1H3,(H,30,32)(H,31,33);2*1H. The molecule has 0 bridgehead atoms. The molecule has 1 aliphatic carbocycles. The lowest BCUT2D eigenvalue weighted by Gasteiger charge is -2.18. The fourth-order valence-electron chi connectivity index (χ4n) is 4.21. The van der Waals surface area contributed by atoms with Gasteiger partial charge in [-0.05, 0) is 72.0 Å². The molecular formula is C26H25F3N2O4. The van der Waals surface area contributed by atoms with Crippen LogP contribution in [-0.4, -0.2) is 25.7 Å². The summed E-state index contributed by atoms with van der Waals surface area (Å²) in [5.41, 5.74) is 0.204. The summed E-state index contributed by atoms with van der Waals surface area (Å²) in [7, 11) is 1.49. The number of halogens is 3. The molecule has 1 fully saturated rings. The first-order valence-electron chi connectivity index (χ1n) is 11.0. The maximum absolute atomic E-state index is 13.7. The van der Waals surface area contributed by atoms with Gasteiger partial charge in [0.05, 0.1) is 11.0 Å². The summed E-state index contributed by atoms with van der Waals surface area (Å²) >= 11 is 0. The Hall–Kier alpha value is -4.01. The maximum Gasteiger partial charge on any atom is 0.416 e. The number of carbonyl (C=O) groups excluding carboxylic acids is 2. The summed E-state index contributed by atoms with van der Waals surface area (Å²) in [5, 5.41) is 5.19. The molecular weight excluding hydrogens is 461 g/mol. The highest BCUT2D eigenvalue weighted by Gasteiger charge is 2.51. The van der Waals surface area contributed by atoms with E-state index in [0.717, 1.165) is 17.7 Å². The van der Waals surface area contributed by atoms with Crippen LogP contribution in [0.5, 0.6) is 11.5 Å². The number of amides is 2. The first-order valence-corrected chi connectivity index (χ1v) is 11.0. The third-order valence-corrected chi connectivity index (χ3v) is 6.34. The number of hydrogen-bond donors (Lipinski definition) is 2. The van der Waals surface area contributed by atoms with Crippen LogP contribution in [-0.2, 0) is 16.4 Å². The molecule has 0 atom stereocenters. The van der Waals surface area contributed by atoms with E-state index in [1.165, 1.54) is 25.2 Å². The molecule has 6 nitrogen and oxygen atoms in total. The summed E-state index contributed by atoms with van der Waals surface area (Å²) in [6.45, 7) is 0.106. The number of nitrogens with one attached hydrogen (secondary N) is 2. The molecule has 9 heteroatoms. The van der Waals surface area contributed by atoms with E-state index in [1.54, 1.807) is 30.3 Å². The predicted octanol–water partition coefficient (Wildman–Crippen LogP) is 5.62. The number of rotatable bonds is 5. The molecule has 184 valence electrons. The number of carbonyl (C=O) groups is 2. The van der Waals surface area contributed by atoms with Crippen LogP contribution in [0.2, 0.25) is 0 Å². The Balaban J connectivity index is 0.00000190. The van der Waals surface area contributed by atoms with E-state index in [9.17, 15) is 22.8 Å². The van der Waals surface area contributed by atoms with Crippen molar-refractivity contribution in [3.05, 3.63) is 77.4 Å². The maximum atomic E-state index is 13.7. The van der Waals surface area contributed by atoms with Gasteiger partial charge in [0, 0.05) is 21.2 Å². The average Bonchev–Trinajstić information content (AvgIpc) is 3.53. The van der Waals surface area contributed by atoms with Crippen molar-refractivity contribution in [3.8, 4) is 22.6 Å². The largest absolute Gasteiger partial charge is 0.454 e. The highest BCUT2D eigenvalue weighted by atomic mass is 19.4. The molecule has 0 unspecified atom stereocenters. The van der Waals surface area contributed by atoms with E-state index >= 15 is 0 Å². The minimum atomic E-state index is -4.61. The van der Waals surface area contributed by atoms with E-state index in [-0.39, 0.29) is 32.7 Å². The molecule has 1 saturated carbocycles. The van der Waals surface area contributed by atoms with Gasteiger partial charge >= 0.3 is 6.18 Å². The third-order valence-electron chi connectivity index (χ3n) is 6.34. The number of alkyl halides is 3. The molecule has 2 N–H and O–H groups in total. The zero-order chi connectivity index (χ0) is 24.8. The molecule has 2 aliphatic rings. The van der Waals surface area contributed by atoms with Crippen LogP contribution >= 0.6 is 0 Å². The van der Waals surface area contributed by atoms with Crippen molar-refractivity contribution in [2.24, 2.45) is 0 Å². The molecule has 3 aromatic carbocycles. The fourth-order valence-corrected chi connectivity index (χ4v) is 4.21. The second-order valence-electron chi connectivity index (χ2n) is 8.56. The summed E-state index contributed by atoms with van der Waals surface area (Å²) < 4.78 is 51.7. The fraction of sp³-hybridized carbons (Fsp3) is 0.231. The molecule has 0 spiro atoms. The molecule has 1 aliphatic heterocycles. The molecule has 35 heavy (non-hydrogen) atoms. The number of fused-ring (bicyclic) bond motifs is 1. The van der Waals surface area contributed by atoms with Crippen molar-refractivity contribution in [1.29, 1.82) is 0 Å². The summed E-state index contributed by atoms with van der Waals surface area (Å²) in [6.07, 6.45) is -3.46. The van der Waals surface area contributed by atoms with Crippen molar-refractivity contribution >= 4 is 17.5 Å². The van der Waals surface area contributed by atoms with Gasteiger partial charge in [-0.25, -0.2) is 0 Å². The van der Waals surface area contributed by atoms with Crippen molar-refractivity contribution in [1.82, 2.24) is 5.32 Å². The van der Waals surface area contributed by atoms with Crippen molar-refractivity contribution in [3.63, 3.8) is 0 Å². The molecule has 0 radical (unpaired) electrons. The Kier molecular flexibility index (Phi) is 5.42. The van der Waals surface area contributed by atoms with E-state index in [4.69, 9.17) is 9.47 Å². The SMILES string of the molecule is CNC(=O)c1ccc(-c2cc(NC(=O)C3(c4ccc5c(c4)OCO5)CC3)cc(C(F)(F)F)c2)cc1.[HH].[HH]. The third kappa shape index (κ3) is 4.29. The van der Waals surface area contributed by atoms with E-state index in [0.29, 0.717) is 35.5 Å². The van der Waals surface area contributed by atoms with Gasteiger partial charge in [0.1, 0.15) is 0 Å². The zero-order valence-corrected chi connectivity index (χ0v) is 18.7. The Morgan fingerprint density at radius 3 is 2.29 bits per heavy atom. The van der Waals surface area contributed by atoms with Crippen LogP contribution in [0, 0.1) is 0 Å².